The Morgan fingerprint density at radius 3 is 2.63 bits per heavy atom. The van der Waals surface area contributed by atoms with E-state index in [0.29, 0.717) is 9.63 Å². The van der Waals surface area contributed by atoms with E-state index < -0.39 is 5.82 Å². The smallest absolute Gasteiger partial charge is 0.234 e. The lowest BCUT2D eigenvalue weighted by molar-refractivity contribution is -0.113. The number of carbonyl (C=O) groups is 1. The molecule has 5 nitrogen and oxygen atoms in total. The lowest BCUT2D eigenvalue weighted by Gasteiger charge is -2.10. The first-order chi connectivity index (χ1) is 13.0. The number of hydrogen-bond acceptors (Lipinski definition) is 4. The summed E-state index contributed by atoms with van der Waals surface area (Å²) in [4.78, 5) is 12.2. The summed E-state index contributed by atoms with van der Waals surface area (Å²) in [5, 5.41) is 11.5. The van der Waals surface area contributed by atoms with Crippen LogP contribution >= 0.6 is 27.7 Å². The first-order valence-corrected chi connectivity index (χ1v) is 10.1. The molecular weight excluding hydrogens is 431 g/mol. The van der Waals surface area contributed by atoms with Crippen molar-refractivity contribution >= 4 is 39.3 Å². The molecule has 0 spiro atoms. The maximum Gasteiger partial charge on any atom is 0.234 e. The Morgan fingerprint density at radius 1 is 1.22 bits per heavy atom. The van der Waals surface area contributed by atoms with Gasteiger partial charge in [0, 0.05) is 10.2 Å². The van der Waals surface area contributed by atoms with Crippen molar-refractivity contribution in [1.29, 1.82) is 0 Å². The van der Waals surface area contributed by atoms with Gasteiger partial charge in [-0.3, -0.25) is 9.36 Å². The minimum Gasteiger partial charge on any atom is -0.323 e. The lowest BCUT2D eigenvalue weighted by atomic mass is 10.1. The van der Waals surface area contributed by atoms with E-state index in [1.54, 1.807) is 6.07 Å². The molecule has 1 aromatic heterocycles. The van der Waals surface area contributed by atoms with Crippen LogP contribution in [0.2, 0.25) is 0 Å². The van der Waals surface area contributed by atoms with Crippen LogP contribution in [0, 0.1) is 12.7 Å². The molecule has 0 atom stereocenters. The summed E-state index contributed by atoms with van der Waals surface area (Å²) >= 11 is 4.45. The van der Waals surface area contributed by atoms with E-state index in [2.05, 4.69) is 50.5 Å². The number of thioether (sulfide) groups is 1. The van der Waals surface area contributed by atoms with Gasteiger partial charge in [0.2, 0.25) is 5.91 Å². The molecule has 0 bridgehead atoms. The van der Waals surface area contributed by atoms with Gasteiger partial charge >= 0.3 is 0 Å². The first kappa shape index (κ1) is 19.6. The number of anilines is 1. The van der Waals surface area contributed by atoms with Crippen molar-refractivity contribution in [3.63, 3.8) is 0 Å². The molecule has 1 amide bonds. The van der Waals surface area contributed by atoms with Gasteiger partial charge in [0.05, 0.1) is 11.4 Å². The third-order valence-electron chi connectivity index (χ3n) is 3.94. The molecule has 27 heavy (non-hydrogen) atoms. The average Bonchev–Trinajstić information content (AvgIpc) is 3.03. The molecule has 0 aliphatic carbocycles. The van der Waals surface area contributed by atoms with Crippen molar-refractivity contribution in [2.75, 3.05) is 11.1 Å². The average molecular weight is 449 g/mol. The van der Waals surface area contributed by atoms with E-state index in [0.717, 1.165) is 17.9 Å². The molecule has 140 valence electrons. The molecule has 3 rings (SSSR count). The fourth-order valence-corrected chi connectivity index (χ4v) is 3.65. The van der Waals surface area contributed by atoms with Gasteiger partial charge in [-0.2, -0.15) is 0 Å². The topological polar surface area (TPSA) is 59.8 Å². The Kier molecular flexibility index (Phi) is 6.28. The second-order valence-electron chi connectivity index (χ2n) is 5.85. The molecule has 0 fully saturated rings. The largest absolute Gasteiger partial charge is 0.323 e. The van der Waals surface area contributed by atoms with Gasteiger partial charge in [0.1, 0.15) is 11.6 Å². The summed E-state index contributed by atoms with van der Waals surface area (Å²) in [7, 11) is 0. The van der Waals surface area contributed by atoms with E-state index in [-0.39, 0.29) is 17.3 Å². The number of rotatable bonds is 6. The third-order valence-corrected chi connectivity index (χ3v) is 5.36. The van der Waals surface area contributed by atoms with Crippen LogP contribution in [0.1, 0.15) is 18.3 Å². The Labute approximate surface area is 169 Å². The molecular formula is C19H18BrFN4OS. The normalized spacial score (nSPS) is 10.8. The van der Waals surface area contributed by atoms with Crippen molar-refractivity contribution < 1.29 is 9.18 Å². The molecule has 0 saturated carbocycles. The van der Waals surface area contributed by atoms with Crippen molar-refractivity contribution in [2.24, 2.45) is 0 Å². The lowest BCUT2D eigenvalue weighted by Crippen LogP contribution is -2.15. The maximum absolute atomic E-state index is 13.8. The standard InChI is InChI=1S/C19H18BrFN4OS/c1-3-13-4-7-15(8-5-13)25-12(2)23-24-19(25)27-11-18(26)22-17-9-6-14(20)10-16(17)21/h4-10H,3,11H2,1-2H3,(H,22,26). The zero-order valence-corrected chi connectivity index (χ0v) is 17.3. The second-order valence-corrected chi connectivity index (χ2v) is 7.70. The second kappa shape index (κ2) is 8.67. The molecule has 0 radical (unpaired) electrons. The van der Waals surface area contributed by atoms with Gasteiger partial charge in [0.15, 0.2) is 5.16 Å². The first-order valence-electron chi connectivity index (χ1n) is 8.37. The number of carbonyl (C=O) groups excluding carboxylic acids is 1. The molecule has 1 heterocycles. The van der Waals surface area contributed by atoms with Crippen LogP contribution in [-0.4, -0.2) is 26.4 Å². The Bertz CT molecular complexity index is 959. The summed E-state index contributed by atoms with van der Waals surface area (Å²) in [5.74, 6) is 0.0364. The Hall–Kier alpha value is -2.19. The molecule has 0 unspecified atom stereocenters. The Morgan fingerprint density at radius 2 is 1.96 bits per heavy atom. The predicted molar refractivity (Wildman–Crippen MR) is 109 cm³/mol. The van der Waals surface area contributed by atoms with Gasteiger partial charge in [-0.05, 0) is 49.2 Å². The van der Waals surface area contributed by atoms with Crippen LogP contribution in [0.15, 0.2) is 52.1 Å². The highest BCUT2D eigenvalue weighted by Crippen LogP contribution is 2.23. The van der Waals surface area contributed by atoms with Crippen LogP contribution in [0.5, 0.6) is 0 Å². The van der Waals surface area contributed by atoms with Crippen LogP contribution in [0.3, 0.4) is 0 Å². The number of hydrogen-bond donors (Lipinski definition) is 1. The van der Waals surface area contributed by atoms with Gasteiger partial charge in [-0.25, -0.2) is 4.39 Å². The van der Waals surface area contributed by atoms with E-state index in [1.807, 2.05) is 23.6 Å². The van der Waals surface area contributed by atoms with Crippen molar-refractivity contribution in [3.05, 3.63) is 64.1 Å². The molecule has 0 aliphatic rings. The molecule has 1 N–H and O–H groups in total. The van der Waals surface area contributed by atoms with Crippen LogP contribution in [-0.2, 0) is 11.2 Å². The van der Waals surface area contributed by atoms with Crippen LogP contribution < -0.4 is 5.32 Å². The molecule has 0 aliphatic heterocycles. The maximum atomic E-state index is 13.8. The summed E-state index contributed by atoms with van der Waals surface area (Å²) in [6.45, 7) is 3.97. The number of aromatic nitrogens is 3. The molecule has 8 heteroatoms. The SMILES string of the molecule is CCc1ccc(-n2c(C)nnc2SCC(=O)Nc2ccc(Br)cc2F)cc1. The van der Waals surface area contributed by atoms with Gasteiger partial charge < -0.3 is 5.32 Å². The van der Waals surface area contributed by atoms with Crippen LogP contribution in [0.25, 0.3) is 5.69 Å². The fraction of sp³-hybridized carbons (Fsp3) is 0.211. The van der Waals surface area contributed by atoms with E-state index in [4.69, 9.17) is 0 Å². The number of halogens is 2. The minimum atomic E-state index is -0.488. The number of nitrogens with zero attached hydrogens (tertiary/aromatic N) is 3. The third kappa shape index (κ3) is 4.75. The summed E-state index contributed by atoms with van der Waals surface area (Å²) < 4.78 is 16.4. The molecule has 0 saturated heterocycles. The van der Waals surface area contributed by atoms with E-state index >= 15 is 0 Å². The fourth-order valence-electron chi connectivity index (χ4n) is 2.52. The number of amides is 1. The highest BCUT2D eigenvalue weighted by atomic mass is 79.9. The summed E-state index contributed by atoms with van der Waals surface area (Å²) in [6, 6.07) is 12.6. The van der Waals surface area contributed by atoms with Gasteiger partial charge in [0.25, 0.3) is 0 Å². The highest BCUT2D eigenvalue weighted by Gasteiger charge is 2.14. The number of nitrogens with one attached hydrogen (secondary N) is 1. The summed E-state index contributed by atoms with van der Waals surface area (Å²) in [5.41, 5.74) is 2.34. The van der Waals surface area contributed by atoms with Crippen molar-refractivity contribution in [2.45, 2.75) is 25.4 Å². The van der Waals surface area contributed by atoms with E-state index in [9.17, 15) is 9.18 Å². The van der Waals surface area contributed by atoms with Crippen LogP contribution in [0.4, 0.5) is 10.1 Å². The molecule has 2 aromatic carbocycles. The predicted octanol–water partition coefficient (Wildman–Crippen LogP) is 4.77. The van der Waals surface area contributed by atoms with Gasteiger partial charge in [-0.1, -0.05) is 46.7 Å². The Balaban J connectivity index is 1.70. The van der Waals surface area contributed by atoms with Crippen molar-refractivity contribution in [3.8, 4) is 5.69 Å². The highest BCUT2D eigenvalue weighted by molar-refractivity contribution is 9.10. The number of aryl methyl sites for hydroxylation is 2. The molecule has 3 aromatic rings. The van der Waals surface area contributed by atoms with Crippen molar-refractivity contribution in [1.82, 2.24) is 14.8 Å². The summed E-state index contributed by atoms with van der Waals surface area (Å²) in [6.07, 6.45) is 0.968. The monoisotopic (exact) mass is 448 g/mol. The van der Waals surface area contributed by atoms with Gasteiger partial charge in [-0.15, -0.1) is 10.2 Å². The zero-order valence-electron chi connectivity index (χ0n) is 14.9. The number of benzene rings is 2. The minimum absolute atomic E-state index is 0.0979. The quantitative estimate of drug-likeness (QED) is 0.551. The zero-order chi connectivity index (χ0) is 19.4. The van der Waals surface area contributed by atoms with E-state index in [1.165, 1.54) is 29.5 Å².